The molecule has 2 heterocycles. The highest BCUT2D eigenvalue weighted by atomic mass is 35.5. The number of fused-ring (bicyclic) bond motifs is 1. The molecule has 5 aromatic rings. The van der Waals surface area contributed by atoms with Crippen LogP contribution in [0.15, 0.2) is 78.9 Å². The molecule has 180 valence electrons. The van der Waals surface area contributed by atoms with Crippen molar-refractivity contribution >= 4 is 28.5 Å². The highest BCUT2D eigenvalue weighted by molar-refractivity contribution is 6.30. The molecule has 0 aliphatic heterocycles. The van der Waals surface area contributed by atoms with Crippen LogP contribution < -0.4 is 14.8 Å². The van der Waals surface area contributed by atoms with Crippen molar-refractivity contribution in [3.05, 3.63) is 95.0 Å². The molecule has 2 aromatic heterocycles. The van der Waals surface area contributed by atoms with Crippen molar-refractivity contribution in [3.8, 4) is 34.0 Å². The zero-order valence-electron chi connectivity index (χ0n) is 19.7. The summed E-state index contributed by atoms with van der Waals surface area (Å²) in [5, 5.41) is 11.8. The number of rotatable bonds is 7. The van der Waals surface area contributed by atoms with Crippen LogP contribution in [0.4, 0.5) is 0 Å². The number of aromatic nitrogens is 3. The van der Waals surface area contributed by atoms with Gasteiger partial charge in [0.05, 0.1) is 36.6 Å². The first-order valence-electron chi connectivity index (χ1n) is 11.3. The van der Waals surface area contributed by atoms with E-state index in [9.17, 15) is 4.79 Å². The van der Waals surface area contributed by atoms with Crippen LogP contribution in [0.1, 0.15) is 15.9 Å². The van der Waals surface area contributed by atoms with Gasteiger partial charge in [0.2, 0.25) is 0 Å². The molecule has 0 spiro atoms. The Morgan fingerprint density at radius 2 is 1.50 bits per heavy atom. The van der Waals surface area contributed by atoms with E-state index in [4.69, 9.17) is 26.1 Å². The maximum Gasteiger partial charge on any atom is 0.252 e. The second kappa shape index (κ2) is 10.1. The monoisotopic (exact) mass is 498 g/mol. The molecule has 8 heteroatoms. The van der Waals surface area contributed by atoms with Crippen LogP contribution in [-0.4, -0.2) is 35.3 Å². The number of aromatic amines is 1. The van der Waals surface area contributed by atoms with Crippen LogP contribution in [-0.2, 0) is 6.54 Å². The molecule has 7 nitrogen and oxygen atoms in total. The van der Waals surface area contributed by atoms with Gasteiger partial charge in [-0.25, -0.2) is 4.98 Å². The third-order valence-corrected chi connectivity index (χ3v) is 6.15. The van der Waals surface area contributed by atoms with Crippen molar-refractivity contribution in [3.63, 3.8) is 0 Å². The number of amides is 1. The first-order chi connectivity index (χ1) is 17.6. The van der Waals surface area contributed by atoms with Crippen LogP contribution >= 0.6 is 11.6 Å². The van der Waals surface area contributed by atoms with Crippen molar-refractivity contribution in [2.24, 2.45) is 0 Å². The summed E-state index contributed by atoms with van der Waals surface area (Å²) >= 11 is 6.07. The van der Waals surface area contributed by atoms with E-state index in [0.29, 0.717) is 39.6 Å². The maximum atomic E-state index is 13.5. The number of methoxy groups -OCH3 is 2. The Balaban J connectivity index is 1.56. The summed E-state index contributed by atoms with van der Waals surface area (Å²) in [6.07, 6.45) is 0. The van der Waals surface area contributed by atoms with E-state index in [0.717, 1.165) is 28.2 Å². The minimum atomic E-state index is -0.232. The number of nitrogens with one attached hydrogen (secondary N) is 2. The zero-order valence-corrected chi connectivity index (χ0v) is 20.5. The molecule has 5 rings (SSSR count). The molecule has 0 unspecified atom stereocenters. The average molecular weight is 499 g/mol. The summed E-state index contributed by atoms with van der Waals surface area (Å²) < 4.78 is 10.5. The molecule has 0 aliphatic rings. The van der Waals surface area contributed by atoms with E-state index >= 15 is 0 Å². The Kier molecular flexibility index (Phi) is 6.56. The second-order valence-electron chi connectivity index (χ2n) is 8.12. The Labute approximate surface area is 213 Å². The lowest BCUT2D eigenvalue weighted by Crippen LogP contribution is -2.23. The third kappa shape index (κ3) is 4.74. The number of benzene rings is 3. The Morgan fingerprint density at radius 3 is 2.14 bits per heavy atom. The van der Waals surface area contributed by atoms with Gasteiger partial charge in [-0.05, 0) is 60.2 Å². The van der Waals surface area contributed by atoms with Gasteiger partial charge in [-0.2, -0.15) is 5.10 Å². The molecule has 0 radical (unpaired) electrons. The minimum absolute atomic E-state index is 0.232. The van der Waals surface area contributed by atoms with Gasteiger partial charge in [-0.15, -0.1) is 0 Å². The summed E-state index contributed by atoms with van der Waals surface area (Å²) in [5.74, 6) is 1.27. The number of halogens is 1. The zero-order chi connectivity index (χ0) is 25.1. The predicted molar refractivity (Wildman–Crippen MR) is 140 cm³/mol. The van der Waals surface area contributed by atoms with Crippen LogP contribution in [0.25, 0.3) is 33.5 Å². The molecule has 36 heavy (non-hydrogen) atoms. The van der Waals surface area contributed by atoms with Gasteiger partial charge in [0.1, 0.15) is 11.5 Å². The summed E-state index contributed by atoms with van der Waals surface area (Å²) in [7, 11) is 3.24. The number of nitrogens with zero attached hydrogens (tertiary/aromatic N) is 2. The van der Waals surface area contributed by atoms with E-state index in [1.54, 1.807) is 32.4 Å². The number of H-pyrrole nitrogens is 1. The van der Waals surface area contributed by atoms with E-state index in [-0.39, 0.29) is 5.91 Å². The topological polar surface area (TPSA) is 89.1 Å². The Morgan fingerprint density at radius 1 is 0.889 bits per heavy atom. The molecule has 0 atom stereocenters. The Bertz CT molecular complexity index is 1510. The smallest absolute Gasteiger partial charge is 0.252 e. The van der Waals surface area contributed by atoms with Crippen molar-refractivity contribution in [2.75, 3.05) is 14.2 Å². The van der Waals surface area contributed by atoms with Crippen LogP contribution in [0.3, 0.4) is 0 Å². The van der Waals surface area contributed by atoms with Gasteiger partial charge in [-0.3, -0.25) is 9.89 Å². The summed E-state index contributed by atoms with van der Waals surface area (Å²) in [6, 6.07) is 24.2. The van der Waals surface area contributed by atoms with E-state index in [2.05, 4.69) is 15.5 Å². The molecular weight excluding hydrogens is 476 g/mol. The fraction of sp³-hybridized carbons (Fsp3) is 0.107. The predicted octanol–water partition coefficient (Wildman–Crippen LogP) is 5.89. The number of carbonyl (C=O) groups is 1. The molecule has 2 N–H and O–H groups in total. The number of carbonyl (C=O) groups excluding carboxylic acids is 1. The van der Waals surface area contributed by atoms with Gasteiger partial charge in [0, 0.05) is 22.7 Å². The van der Waals surface area contributed by atoms with Crippen LogP contribution in [0.5, 0.6) is 11.5 Å². The first-order valence-corrected chi connectivity index (χ1v) is 11.6. The van der Waals surface area contributed by atoms with Crippen LogP contribution in [0, 0.1) is 0 Å². The lowest BCUT2D eigenvalue weighted by molar-refractivity contribution is 0.0952. The molecule has 0 bridgehead atoms. The summed E-state index contributed by atoms with van der Waals surface area (Å²) in [4.78, 5) is 18.3. The molecule has 0 fully saturated rings. The van der Waals surface area contributed by atoms with E-state index < -0.39 is 0 Å². The number of ether oxygens (including phenoxy) is 2. The summed E-state index contributed by atoms with van der Waals surface area (Å²) in [6.45, 7) is 0.360. The van der Waals surface area contributed by atoms with Gasteiger partial charge >= 0.3 is 0 Å². The Hall–Kier alpha value is -4.36. The van der Waals surface area contributed by atoms with Crippen LogP contribution in [0.2, 0.25) is 5.02 Å². The standard InChI is InChI=1S/C28H23ClN4O3/c1-35-21-11-3-17(4-12-21)16-30-28(34)23-15-24(18-5-9-20(29)10-6-18)31-27-25(23)26(32-33-27)19-7-13-22(36-2)14-8-19/h3-15H,16H2,1-2H3,(H,30,34)(H,31,32,33). The molecule has 0 saturated carbocycles. The molecule has 1 amide bonds. The van der Waals surface area contributed by atoms with E-state index in [1.165, 1.54) is 0 Å². The fourth-order valence-corrected chi connectivity index (χ4v) is 4.08. The average Bonchev–Trinajstić information content (AvgIpc) is 3.36. The van der Waals surface area contributed by atoms with E-state index in [1.807, 2.05) is 60.7 Å². The first kappa shape index (κ1) is 23.4. The van der Waals surface area contributed by atoms with Crippen molar-refractivity contribution in [1.29, 1.82) is 0 Å². The number of hydrogen-bond acceptors (Lipinski definition) is 5. The van der Waals surface area contributed by atoms with Gasteiger partial charge in [0.15, 0.2) is 5.65 Å². The minimum Gasteiger partial charge on any atom is -0.497 e. The molecule has 3 aromatic carbocycles. The van der Waals surface area contributed by atoms with Gasteiger partial charge in [0.25, 0.3) is 5.91 Å². The summed E-state index contributed by atoms with van der Waals surface area (Å²) in [5.41, 5.74) is 4.90. The van der Waals surface area contributed by atoms with Crippen molar-refractivity contribution in [1.82, 2.24) is 20.5 Å². The van der Waals surface area contributed by atoms with Gasteiger partial charge < -0.3 is 14.8 Å². The normalized spacial score (nSPS) is 10.9. The van der Waals surface area contributed by atoms with Crippen molar-refractivity contribution in [2.45, 2.75) is 6.54 Å². The molecule has 0 saturated heterocycles. The SMILES string of the molecule is COc1ccc(CNC(=O)c2cc(-c3ccc(Cl)cc3)nc3n[nH]c(-c4ccc(OC)cc4)c23)cc1. The molecule has 0 aliphatic carbocycles. The lowest BCUT2D eigenvalue weighted by Gasteiger charge is -2.10. The maximum absolute atomic E-state index is 13.5. The largest absolute Gasteiger partial charge is 0.497 e. The fourth-order valence-electron chi connectivity index (χ4n) is 3.96. The number of pyridine rings is 1. The molecular formula is C28H23ClN4O3. The quantitative estimate of drug-likeness (QED) is 0.292. The highest BCUT2D eigenvalue weighted by Gasteiger charge is 2.20. The second-order valence-corrected chi connectivity index (χ2v) is 8.55. The number of hydrogen-bond donors (Lipinski definition) is 2. The highest BCUT2D eigenvalue weighted by Crippen LogP contribution is 2.32. The van der Waals surface area contributed by atoms with Crippen molar-refractivity contribution < 1.29 is 14.3 Å². The lowest BCUT2D eigenvalue weighted by atomic mass is 10.0. The third-order valence-electron chi connectivity index (χ3n) is 5.90. The van der Waals surface area contributed by atoms with Gasteiger partial charge in [-0.1, -0.05) is 35.9 Å².